The maximum atomic E-state index is 13.6. The molecule has 0 aliphatic heterocycles. The minimum atomic E-state index is -0.301. The number of methoxy groups -OCH3 is 1. The number of rotatable bonds is 8. The van der Waals surface area contributed by atoms with Crippen LogP contribution in [0, 0.1) is 5.82 Å². The molecule has 0 bridgehead atoms. The summed E-state index contributed by atoms with van der Waals surface area (Å²) in [6.07, 6.45) is 1.79. The molecular weight excluding hydrogens is 221 g/mol. The van der Waals surface area contributed by atoms with E-state index < -0.39 is 0 Å². The number of nitrogens with one attached hydrogen (secondary N) is 1. The zero-order valence-electron chi connectivity index (χ0n) is 10.5. The van der Waals surface area contributed by atoms with Crippen LogP contribution < -0.4 is 10.1 Å². The van der Waals surface area contributed by atoms with Crippen molar-refractivity contribution in [1.82, 2.24) is 5.32 Å². The summed E-state index contributed by atoms with van der Waals surface area (Å²) >= 11 is 0. The van der Waals surface area contributed by atoms with Gasteiger partial charge in [-0.1, -0.05) is 12.1 Å². The summed E-state index contributed by atoms with van der Waals surface area (Å²) in [4.78, 5) is 0. The molecule has 0 aromatic heterocycles. The highest BCUT2D eigenvalue weighted by molar-refractivity contribution is 5.34. The molecule has 0 fully saturated rings. The predicted molar refractivity (Wildman–Crippen MR) is 65.8 cm³/mol. The second kappa shape index (κ2) is 8.03. The number of benzene rings is 1. The summed E-state index contributed by atoms with van der Waals surface area (Å²) in [5.41, 5.74) is 0.847. The van der Waals surface area contributed by atoms with E-state index in [4.69, 9.17) is 9.47 Å². The summed E-state index contributed by atoms with van der Waals surface area (Å²) in [5.74, 6) is 0.0590. The Morgan fingerprint density at radius 2 is 2.00 bits per heavy atom. The number of para-hydroxylation sites is 1. The largest absolute Gasteiger partial charge is 0.490 e. The quantitative estimate of drug-likeness (QED) is 0.709. The van der Waals surface area contributed by atoms with Gasteiger partial charge >= 0.3 is 0 Å². The standard InChI is InChI=1S/C13H20FNO2/c1-15-10-11-6-5-7-12(14)13(11)17-9-4-3-8-16-2/h5-7,15H,3-4,8-10H2,1-2H3. The van der Waals surface area contributed by atoms with Gasteiger partial charge in [0, 0.05) is 25.8 Å². The van der Waals surface area contributed by atoms with Crippen molar-refractivity contribution < 1.29 is 13.9 Å². The molecule has 1 rings (SSSR count). The fourth-order valence-electron chi connectivity index (χ4n) is 1.57. The van der Waals surface area contributed by atoms with E-state index in [1.54, 1.807) is 13.2 Å². The first kappa shape index (κ1) is 13.9. The second-order valence-corrected chi connectivity index (χ2v) is 3.81. The van der Waals surface area contributed by atoms with Crippen LogP contribution in [0.2, 0.25) is 0 Å². The topological polar surface area (TPSA) is 30.5 Å². The van der Waals surface area contributed by atoms with Crippen molar-refractivity contribution in [2.75, 3.05) is 27.4 Å². The number of halogens is 1. The van der Waals surface area contributed by atoms with Crippen LogP contribution in [0.25, 0.3) is 0 Å². The van der Waals surface area contributed by atoms with E-state index in [0.717, 1.165) is 18.4 Å². The molecule has 0 spiro atoms. The van der Waals surface area contributed by atoms with E-state index >= 15 is 0 Å². The summed E-state index contributed by atoms with van der Waals surface area (Å²) in [7, 11) is 3.50. The van der Waals surface area contributed by atoms with Crippen LogP contribution in [-0.2, 0) is 11.3 Å². The van der Waals surface area contributed by atoms with Gasteiger partial charge in [0.25, 0.3) is 0 Å². The van der Waals surface area contributed by atoms with E-state index in [-0.39, 0.29) is 5.82 Å². The SMILES string of the molecule is CNCc1cccc(F)c1OCCCCOC. The third kappa shape index (κ3) is 4.71. The van der Waals surface area contributed by atoms with Gasteiger partial charge < -0.3 is 14.8 Å². The number of hydrogen-bond donors (Lipinski definition) is 1. The third-order valence-corrected chi connectivity index (χ3v) is 2.40. The molecule has 0 aliphatic carbocycles. The first-order valence-electron chi connectivity index (χ1n) is 5.83. The van der Waals surface area contributed by atoms with Crippen molar-refractivity contribution in [2.24, 2.45) is 0 Å². The van der Waals surface area contributed by atoms with E-state index in [1.807, 2.05) is 13.1 Å². The highest BCUT2D eigenvalue weighted by atomic mass is 19.1. The van der Waals surface area contributed by atoms with E-state index in [2.05, 4.69) is 5.32 Å². The van der Waals surface area contributed by atoms with Crippen LogP contribution in [0.5, 0.6) is 5.75 Å². The van der Waals surface area contributed by atoms with Crippen LogP contribution in [0.1, 0.15) is 18.4 Å². The summed E-state index contributed by atoms with van der Waals surface area (Å²) in [6, 6.07) is 4.98. The lowest BCUT2D eigenvalue weighted by Gasteiger charge is -2.12. The molecule has 0 heterocycles. The Hall–Kier alpha value is -1.13. The Morgan fingerprint density at radius 3 is 2.71 bits per heavy atom. The summed E-state index contributed by atoms with van der Waals surface area (Å²) in [5, 5.41) is 3.00. The lowest BCUT2D eigenvalue weighted by Crippen LogP contribution is -2.09. The molecule has 0 atom stereocenters. The highest BCUT2D eigenvalue weighted by Crippen LogP contribution is 2.22. The van der Waals surface area contributed by atoms with Gasteiger partial charge in [-0.3, -0.25) is 0 Å². The van der Waals surface area contributed by atoms with Crippen molar-refractivity contribution in [3.63, 3.8) is 0 Å². The van der Waals surface area contributed by atoms with Crippen LogP contribution in [0.4, 0.5) is 4.39 Å². The van der Waals surface area contributed by atoms with Crippen molar-refractivity contribution in [3.05, 3.63) is 29.6 Å². The lowest BCUT2D eigenvalue weighted by atomic mass is 10.2. The minimum Gasteiger partial charge on any atom is -0.490 e. The lowest BCUT2D eigenvalue weighted by molar-refractivity contribution is 0.183. The van der Waals surface area contributed by atoms with Gasteiger partial charge in [0.1, 0.15) is 0 Å². The number of hydrogen-bond acceptors (Lipinski definition) is 3. The van der Waals surface area contributed by atoms with Crippen LogP contribution >= 0.6 is 0 Å². The van der Waals surface area contributed by atoms with Gasteiger partial charge in [-0.15, -0.1) is 0 Å². The van der Waals surface area contributed by atoms with Crippen LogP contribution in [-0.4, -0.2) is 27.4 Å². The molecule has 0 radical (unpaired) electrons. The average Bonchev–Trinajstić information content (AvgIpc) is 2.32. The van der Waals surface area contributed by atoms with Crippen LogP contribution in [0.15, 0.2) is 18.2 Å². The normalized spacial score (nSPS) is 10.5. The molecule has 3 nitrogen and oxygen atoms in total. The summed E-state index contributed by atoms with van der Waals surface area (Å²) in [6.45, 7) is 1.83. The second-order valence-electron chi connectivity index (χ2n) is 3.81. The third-order valence-electron chi connectivity index (χ3n) is 2.40. The molecule has 1 aromatic rings. The van der Waals surface area contributed by atoms with Gasteiger partial charge in [-0.2, -0.15) is 0 Å². The predicted octanol–water partition coefficient (Wildman–Crippen LogP) is 2.35. The molecule has 0 aliphatic rings. The average molecular weight is 241 g/mol. The molecule has 4 heteroatoms. The molecule has 0 saturated heterocycles. The summed E-state index contributed by atoms with van der Waals surface area (Å²) < 4.78 is 24.0. The van der Waals surface area contributed by atoms with Gasteiger partial charge in [0.15, 0.2) is 11.6 Å². The molecule has 17 heavy (non-hydrogen) atoms. The smallest absolute Gasteiger partial charge is 0.165 e. The van der Waals surface area contributed by atoms with E-state index in [0.29, 0.717) is 25.5 Å². The molecule has 0 unspecified atom stereocenters. The Balaban J connectivity index is 2.50. The zero-order chi connectivity index (χ0) is 12.5. The molecule has 96 valence electrons. The fourth-order valence-corrected chi connectivity index (χ4v) is 1.57. The van der Waals surface area contributed by atoms with Gasteiger partial charge in [-0.25, -0.2) is 4.39 Å². The number of unbranched alkanes of at least 4 members (excludes halogenated alkanes) is 1. The first-order valence-corrected chi connectivity index (χ1v) is 5.83. The fraction of sp³-hybridized carbons (Fsp3) is 0.538. The maximum absolute atomic E-state index is 13.6. The molecule has 1 N–H and O–H groups in total. The van der Waals surface area contributed by atoms with Crippen molar-refractivity contribution in [2.45, 2.75) is 19.4 Å². The molecule has 0 amide bonds. The molecule has 0 saturated carbocycles. The Kier molecular flexibility index (Phi) is 6.58. The van der Waals surface area contributed by atoms with Gasteiger partial charge in [0.2, 0.25) is 0 Å². The highest BCUT2D eigenvalue weighted by Gasteiger charge is 2.08. The van der Waals surface area contributed by atoms with E-state index in [9.17, 15) is 4.39 Å². The van der Waals surface area contributed by atoms with Gasteiger partial charge in [-0.05, 0) is 26.0 Å². The Morgan fingerprint density at radius 1 is 1.24 bits per heavy atom. The molecule has 1 aromatic carbocycles. The van der Waals surface area contributed by atoms with Crippen molar-refractivity contribution in [3.8, 4) is 5.75 Å². The Bertz CT molecular complexity index is 331. The van der Waals surface area contributed by atoms with Crippen LogP contribution in [0.3, 0.4) is 0 Å². The van der Waals surface area contributed by atoms with Crippen molar-refractivity contribution >= 4 is 0 Å². The monoisotopic (exact) mass is 241 g/mol. The van der Waals surface area contributed by atoms with Gasteiger partial charge in [0.05, 0.1) is 6.61 Å². The number of ether oxygens (including phenoxy) is 2. The molecular formula is C13H20FNO2. The van der Waals surface area contributed by atoms with E-state index in [1.165, 1.54) is 6.07 Å². The van der Waals surface area contributed by atoms with Crippen molar-refractivity contribution in [1.29, 1.82) is 0 Å². The zero-order valence-corrected chi connectivity index (χ0v) is 10.5. The maximum Gasteiger partial charge on any atom is 0.165 e. The first-order chi connectivity index (χ1) is 8.29. The Labute approximate surface area is 102 Å². The minimum absolute atomic E-state index is 0.301.